The van der Waals surface area contributed by atoms with Crippen LogP contribution in [-0.4, -0.2) is 50.3 Å². The molecular weight excluding hydrogens is 386 g/mol. The van der Waals surface area contributed by atoms with Crippen LogP contribution in [0.5, 0.6) is 0 Å². The van der Waals surface area contributed by atoms with Crippen molar-refractivity contribution in [3.05, 3.63) is 77.4 Å². The quantitative estimate of drug-likeness (QED) is 0.562. The lowest BCUT2D eigenvalue weighted by atomic mass is 10.00. The number of nitrogens with one attached hydrogen (secondary N) is 1. The highest BCUT2D eigenvalue weighted by Gasteiger charge is 2.16. The normalized spacial score (nSPS) is 18.0. The molecule has 0 radical (unpaired) electrons. The van der Waals surface area contributed by atoms with Crippen molar-refractivity contribution < 1.29 is 9.47 Å². The van der Waals surface area contributed by atoms with Crippen molar-refractivity contribution in [3.8, 4) is 0 Å². The molecule has 4 rings (SSSR count). The highest BCUT2D eigenvalue weighted by atomic mass is 16.5. The molecule has 1 N–H and O–H groups in total. The summed E-state index contributed by atoms with van der Waals surface area (Å²) in [6.45, 7) is 4.89. The van der Waals surface area contributed by atoms with Crippen molar-refractivity contribution in [1.82, 2.24) is 10.2 Å². The lowest BCUT2D eigenvalue weighted by Gasteiger charge is -2.30. The first-order valence-electron chi connectivity index (χ1n) is 11.3. The zero-order chi connectivity index (χ0) is 21.3. The van der Waals surface area contributed by atoms with Gasteiger partial charge in [-0.05, 0) is 41.5 Å². The Morgan fingerprint density at radius 1 is 1.10 bits per heavy atom. The van der Waals surface area contributed by atoms with Gasteiger partial charge in [-0.15, -0.1) is 0 Å². The second-order valence-electron chi connectivity index (χ2n) is 8.13. The number of hydrogen-bond acceptors (Lipinski definition) is 3. The average molecular weight is 420 g/mol. The Kier molecular flexibility index (Phi) is 7.75. The fourth-order valence-corrected chi connectivity index (χ4v) is 4.18. The van der Waals surface area contributed by atoms with E-state index < -0.39 is 0 Å². The lowest BCUT2D eigenvalue weighted by Crippen LogP contribution is -2.43. The van der Waals surface area contributed by atoms with Gasteiger partial charge in [0.1, 0.15) is 0 Å². The van der Waals surface area contributed by atoms with Crippen molar-refractivity contribution in [1.29, 1.82) is 0 Å². The number of aliphatic imine (C=N–C) groups is 1. The molecule has 0 amide bonds. The van der Waals surface area contributed by atoms with E-state index in [4.69, 9.17) is 9.47 Å². The summed E-state index contributed by atoms with van der Waals surface area (Å²) in [5, 5.41) is 3.53. The minimum atomic E-state index is 0.322. The van der Waals surface area contributed by atoms with E-state index in [2.05, 4.69) is 75.9 Å². The van der Waals surface area contributed by atoms with Crippen LogP contribution in [0.4, 0.5) is 0 Å². The van der Waals surface area contributed by atoms with Crippen molar-refractivity contribution in [3.63, 3.8) is 0 Å². The largest absolute Gasteiger partial charge is 0.381 e. The Morgan fingerprint density at radius 2 is 1.90 bits per heavy atom. The van der Waals surface area contributed by atoms with E-state index in [1.54, 1.807) is 0 Å². The molecule has 5 nitrogen and oxygen atoms in total. The second kappa shape index (κ2) is 11.1. The predicted octanol–water partition coefficient (Wildman–Crippen LogP) is 4.25. The Labute approximate surface area is 185 Å². The molecule has 2 aliphatic heterocycles. The lowest BCUT2D eigenvalue weighted by molar-refractivity contribution is -0.0390. The molecule has 1 saturated heterocycles. The molecule has 0 atom stereocenters. The smallest absolute Gasteiger partial charge is 0.194 e. The van der Waals surface area contributed by atoms with Gasteiger partial charge in [0, 0.05) is 39.9 Å². The molecule has 0 saturated carbocycles. The van der Waals surface area contributed by atoms with Crippen molar-refractivity contribution in [2.45, 2.75) is 38.5 Å². The maximum absolute atomic E-state index is 6.07. The van der Waals surface area contributed by atoms with E-state index in [0.29, 0.717) is 12.7 Å². The van der Waals surface area contributed by atoms with Gasteiger partial charge in [0.25, 0.3) is 0 Å². The number of hydrogen-bond donors (Lipinski definition) is 1. The molecule has 5 heteroatoms. The fourth-order valence-electron chi connectivity index (χ4n) is 4.18. The summed E-state index contributed by atoms with van der Waals surface area (Å²) in [4.78, 5) is 6.82. The van der Waals surface area contributed by atoms with E-state index >= 15 is 0 Å². The first-order valence-corrected chi connectivity index (χ1v) is 11.3. The molecule has 0 bridgehead atoms. The molecular formula is C26H33N3O2. The van der Waals surface area contributed by atoms with E-state index in [1.807, 2.05) is 7.05 Å². The summed E-state index contributed by atoms with van der Waals surface area (Å²) in [7, 11) is 1.86. The Balaban J connectivity index is 1.28. The summed E-state index contributed by atoms with van der Waals surface area (Å²) >= 11 is 0. The first-order chi connectivity index (χ1) is 15.3. The van der Waals surface area contributed by atoms with Gasteiger partial charge in [0.2, 0.25) is 0 Å². The molecule has 0 aliphatic carbocycles. The molecule has 0 spiro atoms. The molecule has 2 aliphatic rings. The van der Waals surface area contributed by atoms with Gasteiger partial charge in [-0.1, -0.05) is 60.7 Å². The molecule has 2 aromatic carbocycles. The summed E-state index contributed by atoms with van der Waals surface area (Å²) in [6, 6.07) is 19.3. The number of nitrogens with zero attached hydrogens (tertiary/aromatic N) is 2. The minimum absolute atomic E-state index is 0.322. The monoisotopic (exact) mass is 419 g/mol. The third-order valence-electron chi connectivity index (χ3n) is 5.96. The summed E-state index contributed by atoms with van der Waals surface area (Å²) in [5.41, 5.74) is 5.20. The number of ether oxygens (including phenoxy) is 2. The standard InChI is InChI=1S/C26H33N3O2/c1-27-26(29-14-10-24(11-15-29)23-8-3-2-4-9-23)28-19-21-6-5-7-22(18-21)20-31-25-12-16-30-17-13-25/h2-10,18,25H,11-17,19-20H2,1H3,(H,27,28). The third-order valence-corrected chi connectivity index (χ3v) is 5.96. The summed E-state index contributed by atoms with van der Waals surface area (Å²) in [5.74, 6) is 0.951. The Morgan fingerprint density at radius 3 is 2.65 bits per heavy atom. The van der Waals surface area contributed by atoms with Gasteiger partial charge >= 0.3 is 0 Å². The molecule has 31 heavy (non-hydrogen) atoms. The highest BCUT2D eigenvalue weighted by molar-refractivity contribution is 5.81. The maximum Gasteiger partial charge on any atom is 0.194 e. The summed E-state index contributed by atoms with van der Waals surface area (Å²) < 4.78 is 11.5. The van der Waals surface area contributed by atoms with Crippen LogP contribution in [0.2, 0.25) is 0 Å². The Hall–Kier alpha value is -2.63. The van der Waals surface area contributed by atoms with Gasteiger partial charge in [-0.3, -0.25) is 4.99 Å². The van der Waals surface area contributed by atoms with Crippen molar-refractivity contribution in [2.24, 2.45) is 4.99 Å². The van der Waals surface area contributed by atoms with Crippen LogP contribution < -0.4 is 5.32 Å². The van der Waals surface area contributed by atoms with Crippen molar-refractivity contribution >= 4 is 11.5 Å². The third kappa shape index (κ3) is 6.18. The number of rotatable bonds is 6. The van der Waals surface area contributed by atoms with Crippen LogP contribution in [0.15, 0.2) is 65.7 Å². The molecule has 0 unspecified atom stereocenters. The second-order valence-corrected chi connectivity index (χ2v) is 8.13. The minimum Gasteiger partial charge on any atom is -0.381 e. The van der Waals surface area contributed by atoms with Gasteiger partial charge in [0.05, 0.1) is 12.7 Å². The highest BCUT2D eigenvalue weighted by Crippen LogP contribution is 2.22. The number of guanidine groups is 1. The van der Waals surface area contributed by atoms with Gasteiger partial charge in [-0.2, -0.15) is 0 Å². The van der Waals surface area contributed by atoms with Gasteiger partial charge in [0.15, 0.2) is 5.96 Å². The topological polar surface area (TPSA) is 46.1 Å². The van der Waals surface area contributed by atoms with Crippen LogP contribution in [-0.2, 0) is 22.6 Å². The summed E-state index contributed by atoms with van der Waals surface area (Å²) in [6.07, 6.45) is 5.66. The van der Waals surface area contributed by atoms with Gasteiger partial charge < -0.3 is 19.7 Å². The SMILES string of the molecule is CN=C(NCc1cccc(COC2CCOCC2)c1)N1CC=C(c2ccccc2)CC1. The van der Waals surface area contributed by atoms with Crippen LogP contribution >= 0.6 is 0 Å². The fraction of sp³-hybridized carbons (Fsp3) is 0.423. The molecule has 164 valence electrons. The molecule has 2 heterocycles. The molecule has 0 aromatic heterocycles. The van der Waals surface area contributed by atoms with E-state index in [-0.39, 0.29) is 0 Å². The maximum atomic E-state index is 6.07. The first kappa shape index (κ1) is 21.6. The van der Waals surface area contributed by atoms with E-state index in [0.717, 1.165) is 58.1 Å². The average Bonchev–Trinajstić information content (AvgIpc) is 2.85. The zero-order valence-corrected chi connectivity index (χ0v) is 18.4. The molecule has 2 aromatic rings. The van der Waals surface area contributed by atoms with E-state index in [9.17, 15) is 0 Å². The van der Waals surface area contributed by atoms with Crippen LogP contribution in [0.25, 0.3) is 5.57 Å². The van der Waals surface area contributed by atoms with E-state index in [1.165, 1.54) is 22.3 Å². The number of benzene rings is 2. The van der Waals surface area contributed by atoms with Crippen LogP contribution in [0, 0.1) is 0 Å². The Bertz CT molecular complexity index is 889. The van der Waals surface area contributed by atoms with Gasteiger partial charge in [-0.25, -0.2) is 0 Å². The van der Waals surface area contributed by atoms with Crippen LogP contribution in [0.1, 0.15) is 36.0 Å². The zero-order valence-electron chi connectivity index (χ0n) is 18.4. The van der Waals surface area contributed by atoms with Crippen molar-refractivity contribution in [2.75, 3.05) is 33.4 Å². The van der Waals surface area contributed by atoms with Crippen LogP contribution in [0.3, 0.4) is 0 Å². The molecule has 1 fully saturated rings. The predicted molar refractivity (Wildman–Crippen MR) is 126 cm³/mol.